The molecule has 0 aromatic carbocycles. The van der Waals surface area contributed by atoms with Crippen LogP contribution in [0.1, 0.15) is 136 Å². The summed E-state index contributed by atoms with van der Waals surface area (Å²) in [7, 11) is 1.17. The fourth-order valence-corrected chi connectivity index (χ4v) is 4.97. The van der Waals surface area contributed by atoms with Crippen molar-refractivity contribution < 1.29 is 42.1 Å². The standard InChI is InChI=1S/C31H62NO8P/c1-6-8-10-12-14-15-16-18-20-22-24-31(34)40-29(28-39-41(35,36)38-26-25-32(3,4)5)27-37-30(33)23-21-19-17-13-11-9-7-2/h29H,6-28H2,1-5H3/t29-/m1/s1. The number of ether oxygens (including phenoxy) is 2. The van der Waals surface area contributed by atoms with E-state index >= 15 is 0 Å². The van der Waals surface area contributed by atoms with E-state index in [4.69, 9.17) is 18.5 Å². The lowest BCUT2D eigenvalue weighted by atomic mass is 10.1. The van der Waals surface area contributed by atoms with Gasteiger partial charge in [-0.05, 0) is 12.8 Å². The average molecular weight is 608 g/mol. The summed E-state index contributed by atoms with van der Waals surface area (Å²) < 4.78 is 33.5. The Morgan fingerprint density at radius 2 is 1.10 bits per heavy atom. The summed E-state index contributed by atoms with van der Waals surface area (Å²) >= 11 is 0. The number of carbonyl (C=O) groups is 2. The van der Waals surface area contributed by atoms with Gasteiger partial charge in [0.15, 0.2) is 6.10 Å². The topological polar surface area (TPSA) is 111 Å². The monoisotopic (exact) mass is 607 g/mol. The van der Waals surface area contributed by atoms with Gasteiger partial charge < -0.3 is 27.9 Å². The largest absolute Gasteiger partial charge is 0.756 e. The van der Waals surface area contributed by atoms with Gasteiger partial charge in [0, 0.05) is 12.8 Å². The van der Waals surface area contributed by atoms with E-state index in [1.807, 2.05) is 21.1 Å². The summed E-state index contributed by atoms with van der Waals surface area (Å²) in [6, 6.07) is 0. The lowest BCUT2D eigenvalue weighted by Crippen LogP contribution is -2.37. The molecular formula is C31H62NO8P. The van der Waals surface area contributed by atoms with E-state index in [0.29, 0.717) is 17.4 Å². The van der Waals surface area contributed by atoms with E-state index in [0.717, 1.165) is 32.1 Å². The van der Waals surface area contributed by atoms with Crippen LogP contribution in [0, 0.1) is 0 Å². The first kappa shape index (κ1) is 40.0. The molecule has 0 saturated carbocycles. The highest BCUT2D eigenvalue weighted by Gasteiger charge is 2.21. The number of phosphoric ester groups is 1. The molecule has 10 heteroatoms. The Morgan fingerprint density at radius 1 is 0.659 bits per heavy atom. The summed E-state index contributed by atoms with van der Waals surface area (Å²) in [5.41, 5.74) is 0. The Morgan fingerprint density at radius 3 is 1.56 bits per heavy atom. The second-order valence-electron chi connectivity index (χ2n) is 12.2. The maximum Gasteiger partial charge on any atom is 0.306 e. The van der Waals surface area contributed by atoms with E-state index in [1.165, 1.54) is 70.6 Å². The molecule has 0 radical (unpaired) electrons. The zero-order valence-corrected chi connectivity index (χ0v) is 27.9. The highest BCUT2D eigenvalue weighted by atomic mass is 31.2. The molecule has 0 aliphatic rings. The zero-order valence-electron chi connectivity index (χ0n) is 27.0. The minimum absolute atomic E-state index is 0.0269. The molecule has 1 unspecified atom stereocenters. The van der Waals surface area contributed by atoms with E-state index in [1.54, 1.807) is 0 Å². The number of likely N-dealkylation sites (N-methyl/N-ethyl adjacent to an activating group) is 1. The molecule has 0 rings (SSSR count). The van der Waals surface area contributed by atoms with Crippen LogP contribution in [0.4, 0.5) is 0 Å². The Labute approximate surface area is 251 Å². The maximum atomic E-state index is 12.5. The third-order valence-corrected chi connectivity index (χ3v) is 7.84. The van der Waals surface area contributed by atoms with Crippen molar-refractivity contribution in [2.24, 2.45) is 0 Å². The van der Waals surface area contributed by atoms with Crippen molar-refractivity contribution in [1.82, 2.24) is 0 Å². The smallest absolute Gasteiger partial charge is 0.306 e. The molecule has 0 aliphatic carbocycles. The number of hydrogen-bond donors (Lipinski definition) is 0. The van der Waals surface area contributed by atoms with Crippen LogP contribution in [0.2, 0.25) is 0 Å². The number of esters is 2. The Bertz CT molecular complexity index is 698. The van der Waals surface area contributed by atoms with Crippen molar-refractivity contribution in [2.75, 3.05) is 47.5 Å². The van der Waals surface area contributed by atoms with Crippen LogP contribution in [0.25, 0.3) is 0 Å². The van der Waals surface area contributed by atoms with Gasteiger partial charge in [-0.25, -0.2) is 0 Å². The number of hydrogen-bond acceptors (Lipinski definition) is 8. The van der Waals surface area contributed by atoms with Crippen LogP contribution >= 0.6 is 7.82 Å². The van der Waals surface area contributed by atoms with Gasteiger partial charge in [0.2, 0.25) is 0 Å². The summed E-state index contributed by atoms with van der Waals surface area (Å²) in [4.78, 5) is 36.9. The van der Waals surface area contributed by atoms with E-state index in [2.05, 4.69) is 13.8 Å². The molecule has 244 valence electrons. The molecular weight excluding hydrogens is 545 g/mol. The molecule has 0 bridgehead atoms. The molecule has 0 amide bonds. The van der Waals surface area contributed by atoms with E-state index < -0.39 is 26.5 Å². The summed E-state index contributed by atoms with van der Waals surface area (Å²) in [6.45, 7) is 4.14. The Balaban J connectivity index is 4.52. The van der Waals surface area contributed by atoms with Gasteiger partial charge in [0.25, 0.3) is 7.82 Å². The molecule has 9 nitrogen and oxygen atoms in total. The SMILES string of the molecule is CCCCCCCCCCCCC(=O)O[C@H](COC(=O)CCCCCCCCC)COP(=O)([O-])OCC[N+](C)(C)C. The van der Waals surface area contributed by atoms with E-state index in [-0.39, 0.29) is 32.0 Å². The normalized spacial score (nSPS) is 14.0. The van der Waals surface area contributed by atoms with Gasteiger partial charge in [0.05, 0.1) is 27.7 Å². The highest BCUT2D eigenvalue weighted by molar-refractivity contribution is 7.45. The summed E-state index contributed by atoms with van der Waals surface area (Å²) in [5, 5.41) is 0. The first-order valence-corrected chi connectivity index (χ1v) is 17.7. The maximum absolute atomic E-state index is 12.5. The van der Waals surface area contributed by atoms with Gasteiger partial charge in [-0.15, -0.1) is 0 Å². The average Bonchev–Trinajstić information content (AvgIpc) is 2.90. The lowest BCUT2D eigenvalue weighted by Gasteiger charge is -2.28. The third-order valence-electron chi connectivity index (χ3n) is 6.88. The van der Waals surface area contributed by atoms with Gasteiger partial charge in [-0.1, -0.05) is 110 Å². The minimum Gasteiger partial charge on any atom is -0.756 e. The fraction of sp³-hybridized carbons (Fsp3) is 0.935. The van der Waals surface area contributed by atoms with Crippen LogP contribution in [-0.4, -0.2) is 70.0 Å². The van der Waals surface area contributed by atoms with Crippen molar-refractivity contribution in [3.8, 4) is 0 Å². The molecule has 0 N–H and O–H groups in total. The molecule has 0 spiro atoms. The van der Waals surface area contributed by atoms with Crippen LogP contribution in [0.15, 0.2) is 0 Å². The highest BCUT2D eigenvalue weighted by Crippen LogP contribution is 2.38. The molecule has 0 aromatic rings. The van der Waals surface area contributed by atoms with Gasteiger partial charge >= 0.3 is 11.9 Å². The fourth-order valence-electron chi connectivity index (χ4n) is 4.24. The van der Waals surface area contributed by atoms with Crippen molar-refractivity contribution in [1.29, 1.82) is 0 Å². The number of rotatable bonds is 29. The number of unbranched alkanes of at least 4 members (excludes halogenated alkanes) is 15. The zero-order chi connectivity index (χ0) is 30.8. The molecule has 0 heterocycles. The van der Waals surface area contributed by atoms with Crippen molar-refractivity contribution in [2.45, 2.75) is 142 Å². The first-order chi connectivity index (χ1) is 19.5. The molecule has 0 aromatic heterocycles. The molecule has 0 fully saturated rings. The quantitative estimate of drug-likeness (QED) is 0.0383. The molecule has 0 aliphatic heterocycles. The van der Waals surface area contributed by atoms with Gasteiger partial charge in [-0.2, -0.15) is 0 Å². The summed E-state index contributed by atoms with van der Waals surface area (Å²) in [6.07, 6.45) is 18.7. The van der Waals surface area contributed by atoms with Crippen molar-refractivity contribution in [3.63, 3.8) is 0 Å². The van der Waals surface area contributed by atoms with Crippen LogP contribution in [0.3, 0.4) is 0 Å². The molecule has 2 atom stereocenters. The predicted molar refractivity (Wildman–Crippen MR) is 162 cm³/mol. The predicted octanol–water partition coefficient (Wildman–Crippen LogP) is 7.10. The molecule has 0 saturated heterocycles. The van der Waals surface area contributed by atoms with Crippen molar-refractivity contribution in [3.05, 3.63) is 0 Å². The second-order valence-corrected chi connectivity index (χ2v) is 13.6. The third kappa shape index (κ3) is 28.9. The van der Waals surface area contributed by atoms with Gasteiger partial charge in [0.1, 0.15) is 19.8 Å². The minimum atomic E-state index is -4.59. The van der Waals surface area contributed by atoms with Crippen molar-refractivity contribution >= 4 is 19.8 Å². The summed E-state index contributed by atoms with van der Waals surface area (Å²) in [5.74, 6) is -0.841. The first-order valence-electron chi connectivity index (χ1n) is 16.2. The van der Waals surface area contributed by atoms with Crippen LogP contribution < -0.4 is 4.89 Å². The number of nitrogens with zero attached hydrogens (tertiary/aromatic N) is 1. The van der Waals surface area contributed by atoms with Gasteiger partial charge in [-0.3, -0.25) is 14.2 Å². The number of quaternary nitrogens is 1. The Hall–Kier alpha value is -0.990. The number of phosphoric acid groups is 1. The molecule has 41 heavy (non-hydrogen) atoms. The second kappa shape index (κ2) is 25.5. The number of carbonyl (C=O) groups excluding carboxylic acids is 2. The van der Waals surface area contributed by atoms with Crippen LogP contribution in [-0.2, 0) is 32.7 Å². The van der Waals surface area contributed by atoms with Crippen LogP contribution in [0.5, 0.6) is 0 Å². The lowest BCUT2D eigenvalue weighted by molar-refractivity contribution is -0.870. The van der Waals surface area contributed by atoms with E-state index in [9.17, 15) is 19.0 Å². The Kier molecular flexibility index (Phi) is 24.9.